The lowest BCUT2D eigenvalue weighted by Gasteiger charge is -2.40. The van der Waals surface area contributed by atoms with Gasteiger partial charge in [-0.3, -0.25) is 4.98 Å². The normalized spacial score (nSPS) is 20.4. The van der Waals surface area contributed by atoms with E-state index in [0.29, 0.717) is 12.0 Å². The maximum absolute atomic E-state index is 10.7. The van der Waals surface area contributed by atoms with Crippen LogP contribution in [0.25, 0.3) is 0 Å². The fourth-order valence-electron chi connectivity index (χ4n) is 2.68. The van der Waals surface area contributed by atoms with E-state index in [2.05, 4.69) is 24.1 Å². The lowest BCUT2D eigenvalue weighted by molar-refractivity contribution is -0.0145. The molecular weight excluding hydrogens is 252 g/mol. The van der Waals surface area contributed by atoms with Crippen LogP contribution in [0.2, 0.25) is 0 Å². The molecule has 0 aliphatic heterocycles. The average molecular weight is 278 g/mol. The zero-order chi connectivity index (χ0) is 14.8. The summed E-state index contributed by atoms with van der Waals surface area (Å²) in [5, 5.41) is 14.0. The monoisotopic (exact) mass is 278 g/mol. The number of aromatic nitrogens is 1. The molecule has 1 fully saturated rings. The summed E-state index contributed by atoms with van der Waals surface area (Å²) in [6, 6.07) is 1.95. The topological polar surface area (TPSA) is 54.4 Å². The molecule has 2 rings (SSSR count). The Balaban J connectivity index is 2.00. The van der Waals surface area contributed by atoms with Crippen molar-refractivity contribution in [3.63, 3.8) is 0 Å². The van der Waals surface area contributed by atoms with Gasteiger partial charge in [0.05, 0.1) is 24.6 Å². The van der Waals surface area contributed by atoms with Crippen molar-refractivity contribution in [3.8, 4) is 5.75 Å². The summed E-state index contributed by atoms with van der Waals surface area (Å²) in [6.07, 6.45) is 5.54. The van der Waals surface area contributed by atoms with Crippen molar-refractivity contribution >= 4 is 5.69 Å². The van der Waals surface area contributed by atoms with Crippen LogP contribution in [0.5, 0.6) is 5.75 Å². The summed E-state index contributed by atoms with van der Waals surface area (Å²) in [6.45, 7) is 7.05. The van der Waals surface area contributed by atoms with E-state index in [1.165, 1.54) is 0 Å². The zero-order valence-electron chi connectivity index (χ0n) is 13.0. The molecule has 1 heterocycles. The number of aliphatic hydroxyl groups is 1. The van der Waals surface area contributed by atoms with Gasteiger partial charge in [0.15, 0.2) is 5.75 Å². The van der Waals surface area contributed by atoms with Crippen molar-refractivity contribution in [3.05, 3.63) is 18.0 Å². The smallest absolute Gasteiger partial charge is 0.160 e. The van der Waals surface area contributed by atoms with E-state index in [1.807, 2.05) is 13.0 Å². The highest BCUT2D eigenvalue weighted by atomic mass is 16.5. The molecule has 0 aromatic carbocycles. The molecule has 0 atom stereocenters. The van der Waals surface area contributed by atoms with Gasteiger partial charge in [-0.2, -0.15) is 0 Å². The van der Waals surface area contributed by atoms with Crippen molar-refractivity contribution in [2.75, 3.05) is 19.0 Å². The Morgan fingerprint density at radius 1 is 1.30 bits per heavy atom. The molecule has 0 saturated heterocycles. The number of rotatable bonds is 4. The van der Waals surface area contributed by atoms with Crippen LogP contribution < -0.4 is 10.1 Å². The summed E-state index contributed by atoms with van der Waals surface area (Å²) < 4.78 is 5.30. The molecule has 1 aliphatic rings. The van der Waals surface area contributed by atoms with Gasteiger partial charge in [-0.05, 0) is 44.1 Å². The molecule has 1 aliphatic carbocycles. The number of hydrogen-bond donors (Lipinski definition) is 2. The molecule has 0 radical (unpaired) electrons. The summed E-state index contributed by atoms with van der Waals surface area (Å²) >= 11 is 0. The SMILES string of the molecule is COc1cnc(C)cc1NCC1(O)CCC(C)(C)CC1. The van der Waals surface area contributed by atoms with Gasteiger partial charge in [0.25, 0.3) is 0 Å². The van der Waals surface area contributed by atoms with Crippen LogP contribution in [0.4, 0.5) is 5.69 Å². The van der Waals surface area contributed by atoms with Crippen LogP contribution in [-0.2, 0) is 0 Å². The standard InChI is InChI=1S/C16H26N2O2/c1-12-9-13(14(20-4)10-17-12)18-11-16(19)7-5-15(2,3)6-8-16/h9-10,19H,5-8,11H2,1-4H3,(H,17,18). The van der Waals surface area contributed by atoms with E-state index >= 15 is 0 Å². The minimum atomic E-state index is -0.613. The molecule has 4 nitrogen and oxygen atoms in total. The molecule has 1 aromatic rings. The first kappa shape index (κ1) is 15.1. The number of anilines is 1. The van der Waals surface area contributed by atoms with Gasteiger partial charge in [-0.25, -0.2) is 0 Å². The first-order valence-electron chi connectivity index (χ1n) is 7.31. The second-order valence-electron chi connectivity index (χ2n) is 6.77. The van der Waals surface area contributed by atoms with Crippen LogP contribution in [0.1, 0.15) is 45.2 Å². The van der Waals surface area contributed by atoms with Gasteiger partial charge in [0, 0.05) is 12.2 Å². The summed E-state index contributed by atoms with van der Waals surface area (Å²) in [5.74, 6) is 0.718. The predicted octanol–water partition coefficient (Wildman–Crippen LogP) is 3.14. The molecule has 20 heavy (non-hydrogen) atoms. The maximum Gasteiger partial charge on any atom is 0.160 e. The van der Waals surface area contributed by atoms with E-state index in [0.717, 1.165) is 42.8 Å². The summed E-state index contributed by atoms with van der Waals surface area (Å²) in [5.41, 5.74) is 1.58. The number of nitrogens with one attached hydrogen (secondary N) is 1. The molecule has 112 valence electrons. The van der Waals surface area contributed by atoms with Crippen LogP contribution in [0.3, 0.4) is 0 Å². The third-order valence-corrected chi connectivity index (χ3v) is 4.37. The van der Waals surface area contributed by atoms with E-state index in [-0.39, 0.29) is 0 Å². The maximum atomic E-state index is 10.7. The molecule has 0 amide bonds. The van der Waals surface area contributed by atoms with Crippen LogP contribution in [-0.4, -0.2) is 29.3 Å². The number of nitrogens with zero attached hydrogens (tertiary/aromatic N) is 1. The van der Waals surface area contributed by atoms with Crippen LogP contribution >= 0.6 is 0 Å². The Bertz CT molecular complexity index is 462. The average Bonchev–Trinajstić information content (AvgIpc) is 2.41. The van der Waals surface area contributed by atoms with E-state index in [4.69, 9.17) is 4.74 Å². The van der Waals surface area contributed by atoms with Gasteiger partial charge in [-0.1, -0.05) is 13.8 Å². The minimum Gasteiger partial charge on any atom is -0.493 e. The first-order valence-corrected chi connectivity index (χ1v) is 7.31. The molecule has 4 heteroatoms. The highest BCUT2D eigenvalue weighted by Crippen LogP contribution is 2.40. The number of ether oxygens (including phenoxy) is 1. The molecular formula is C16H26N2O2. The Morgan fingerprint density at radius 3 is 2.55 bits per heavy atom. The Labute approximate surface area is 121 Å². The molecule has 1 aromatic heterocycles. The number of aryl methyl sites for hydroxylation is 1. The van der Waals surface area contributed by atoms with Crippen molar-refractivity contribution < 1.29 is 9.84 Å². The van der Waals surface area contributed by atoms with Gasteiger partial charge in [-0.15, -0.1) is 0 Å². The summed E-state index contributed by atoms with van der Waals surface area (Å²) in [7, 11) is 1.63. The summed E-state index contributed by atoms with van der Waals surface area (Å²) in [4.78, 5) is 4.21. The highest BCUT2D eigenvalue weighted by Gasteiger charge is 2.36. The minimum absolute atomic E-state index is 0.358. The van der Waals surface area contributed by atoms with E-state index < -0.39 is 5.60 Å². The third-order valence-electron chi connectivity index (χ3n) is 4.37. The van der Waals surface area contributed by atoms with Gasteiger partial charge < -0.3 is 15.2 Å². The largest absolute Gasteiger partial charge is 0.493 e. The zero-order valence-corrected chi connectivity index (χ0v) is 13.0. The van der Waals surface area contributed by atoms with E-state index in [1.54, 1.807) is 13.3 Å². The van der Waals surface area contributed by atoms with Gasteiger partial charge >= 0.3 is 0 Å². The second-order valence-corrected chi connectivity index (χ2v) is 6.77. The fourth-order valence-corrected chi connectivity index (χ4v) is 2.68. The molecule has 0 bridgehead atoms. The highest BCUT2D eigenvalue weighted by molar-refractivity contribution is 5.56. The lowest BCUT2D eigenvalue weighted by Crippen LogP contribution is -2.42. The molecule has 0 spiro atoms. The van der Waals surface area contributed by atoms with Crippen molar-refractivity contribution in [1.82, 2.24) is 4.98 Å². The predicted molar refractivity (Wildman–Crippen MR) is 81.2 cm³/mol. The van der Waals surface area contributed by atoms with Crippen molar-refractivity contribution in [1.29, 1.82) is 0 Å². The first-order chi connectivity index (χ1) is 9.34. The quantitative estimate of drug-likeness (QED) is 0.888. The number of hydrogen-bond acceptors (Lipinski definition) is 4. The molecule has 2 N–H and O–H groups in total. The third kappa shape index (κ3) is 3.63. The number of methoxy groups -OCH3 is 1. The molecule has 0 unspecified atom stereocenters. The van der Waals surface area contributed by atoms with Crippen LogP contribution in [0, 0.1) is 12.3 Å². The van der Waals surface area contributed by atoms with E-state index in [9.17, 15) is 5.11 Å². The Morgan fingerprint density at radius 2 is 1.95 bits per heavy atom. The van der Waals surface area contributed by atoms with Crippen molar-refractivity contribution in [2.24, 2.45) is 5.41 Å². The van der Waals surface area contributed by atoms with Crippen molar-refractivity contribution in [2.45, 2.75) is 52.1 Å². The van der Waals surface area contributed by atoms with Crippen LogP contribution in [0.15, 0.2) is 12.3 Å². The molecule has 1 saturated carbocycles. The van der Waals surface area contributed by atoms with Gasteiger partial charge in [0.2, 0.25) is 0 Å². The second kappa shape index (κ2) is 5.60. The Hall–Kier alpha value is -1.29. The number of pyridine rings is 1. The lowest BCUT2D eigenvalue weighted by atomic mass is 9.71. The van der Waals surface area contributed by atoms with Gasteiger partial charge in [0.1, 0.15) is 0 Å². The fraction of sp³-hybridized carbons (Fsp3) is 0.688. The Kier molecular flexibility index (Phi) is 4.23.